The fourth-order valence-corrected chi connectivity index (χ4v) is 1.69. The lowest BCUT2D eigenvalue weighted by Gasteiger charge is -2.15. The van der Waals surface area contributed by atoms with Crippen molar-refractivity contribution in [3.05, 3.63) is 23.8 Å². The van der Waals surface area contributed by atoms with Gasteiger partial charge in [0.2, 0.25) is 0 Å². The van der Waals surface area contributed by atoms with Gasteiger partial charge < -0.3 is 20.5 Å². The minimum Gasteiger partial charge on any atom is -0.496 e. The molecule has 1 amide bonds. The van der Waals surface area contributed by atoms with Gasteiger partial charge in [-0.1, -0.05) is 13.3 Å². The van der Waals surface area contributed by atoms with E-state index in [1.807, 2.05) is 6.92 Å². The van der Waals surface area contributed by atoms with Gasteiger partial charge in [0, 0.05) is 12.2 Å². The predicted molar refractivity (Wildman–Crippen MR) is 80.2 cm³/mol. The third-order valence-corrected chi connectivity index (χ3v) is 2.93. The number of hydrogen-bond donors (Lipinski definition) is 2. The molecule has 0 bridgehead atoms. The second-order valence-electron chi connectivity index (χ2n) is 4.65. The fraction of sp³-hybridized carbons (Fsp3) is 0.467. The molecule has 3 N–H and O–H groups in total. The first-order valence-corrected chi connectivity index (χ1v) is 6.91. The van der Waals surface area contributed by atoms with Crippen LogP contribution in [0.4, 0.5) is 5.69 Å². The van der Waals surface area contributed by atoms with Crippen molar-refractivity contribution in [1.29, 1.82) is 0 Å². The molecule has 0 spiro atoms. The van der Waals surface area contributed by atoms with Gasteiger partial charge in [0.15, 0.2) is 6.10 Å². The average molecular weight is 294 g/mol. The number of hydrogen-bond acceptors (Lipinski definition) is 5. The number of carbonyl (C=O) groups excluding carboxylic acids is 2. The summed E-state index contributed by atoms with van der Waals surface area (Å²) in [6.07, 6.45) is 0.991. The van der Waals surface area contributed by atoms with Crippen molar-refractivity contribution < 1.29 is 19.1 Å². The van der Waals surface area contributed by atoms with Crippen LogP contribution in [0.2, 0.25) is 0 Å². The second-order valence-corrected chi connectivity index (χ2v) is 4.65. The number of nitrogens with one attached hydrogen (secondary N) is 1. The van der Waals surface area contributed by atoms with Crippen molar-refractivity contribution in [3.8, 4) is 5.75 Å². The SMILES string of the molecule is CCCCNC(=O)C(C)OC(=O)c1cc(N)ccc1OC. The maximum Gasteiger partial charge on any atom is 0.342 e. The van der Waals surface area contributed by atoms with Crippen LogP contribution in [0.3, 0.4) is 0 Å². The average Bonchev–Trinajstić information content (AvgIpc) is 2.47. The first-order chi connectivity index (χ1) is 9.99. The number of methoxy groups -OCH3 is 1. The Hall–Kier alpha value is -2.24. The summed E-state index contributed by atoms with van der Waals surface area (Å²) in [6.45, 7) is 4.12. The lowest BCUT2D eigenvalue weighted by atomic mass is 10.2. The van der Waals surface area contributed by atoms with Gasteiger partial charge in [-0.2, -0.15) is 0 Å². The maximum absolute atomic E-state index is 12.1. The van der Waals surface area contributed by atoms with E-state index in [1.165, 1.54) is 20.1 Å². The van der Waals surface area contributed by atoms with Crippen molar-refractivity contribution in [2.45, 2.75) is 32.8 Å². The van der Waals surface area contributed by atoms with Crippen molar-refractivity contribution in [2.75, 3.05) is 19.4 Å². The van der Waals surface area contributed by atoms with Crippen LogP contribution in [-0.2, 0) is 9.53 Å². The van der Waals surface area contributed by atoms with Crippen LogP contribution in [0, 0.1) is 0 Å². The molecular formula is C15H22N2O4. The highest BCUT2D eigenvalue weighted by atomic mass is 16.5. The molecule has 0 heterocycles. The van der Waals surface area contributed by atoms with Gasteiger partial charge in [-0.3, -0.25) is 4.79 Å². The fourth-order valence-electron chi connectivity index (χ4n) is 1.69. The molecule has 6 heteroatoms. The first-order valence-electron chi connectivity index (χ1n) is 6.91. The second kappa shape index (κ2) is 8.14. The van der Waals surface area contributed by atoms with Crippen LogP contribution in [-0.4, -0.2) is 31.6 Å². The summed E-state index contributed by atoms with van der Waals surface area (Å²) in [6, 6.07) is 4.66. The van der Waals surface area contributed by atoms with Crippen LogP contribution < -0.4 is 15.8 Å². The lowest BCUT2D eigenvalue weighted by Crippen LogP contribution is -2.36. The molecule has 0 radical (unpaired) electrons. The van der Waals surface area contributed by atoms with Crippen LogP contribution in [0.5, 0.6) is 5.75 Å². The van der Waals surface area contributed by atoms with Gasteiger partial charge in [-0.05, 0) is 31.5 Å². The highest BCUT2D eigenvalue weighted by molar-refractivity contribution is 5.95. The summed E-state index contributed by atoms with van der Waals surface area (Å²) in [5.74, 6) is -0.607. The number of ether oxygens (including phenoxy) is 2. The summed E-state index contributed by atoms with van der Waals surface area (Å²) in [4.78, 5) is 23.8. The van der Waals surface area contributed by atoms with Crippen LogP contribution >= 0.6 is 0 Å². The topological polar surface area (TPSA) is 90.7 Å². The number of rotatable bonds is 7. The smallest absolute Gasteiger partial charge is 0.342 e. The van der Waals surface area contributed by atoms with Gasteiger partial charge in [0.05, 0.1) is 7.11 Å². The lowest BCUT2D eigenvalue weighted by molar-refractivity contribution is -0.129. The number of carbonyl (C=O) groups is 2. The summed E-state index contributed by atoms with van der Waals surface area (Å²) in [5.41, 5.74) is 6.27. The Bertz CT molecular complexity index is 502. The minimum atomic E-state index is -0.875. The van der Waals surface area contributed by atoms with E-state index < -0.39 is 12.1 Å². The van der Waals surface area contributed by atoms with E-state index in [-0.39, 0.29) is 11.5 Å². The molecular weight excluding hydrogens is 272 g/mol. The zero-order chi connectivity index (χ0) is 15.8. The van der Waals surface area contributed by atoms with Crippen molar-refractivity contribution in [3.63, 3.8) is 0 Å². The Balaban J connectivity index is 2.68. The van der Waals surface area contributed by atoms with Gasteiger partial charge in [-0.25, -0.2) is 4.79 Å². The molecule has 0 aromatic heterocycles. The molecule has 0 aliphatic carbocycles. The molecule has 1 unspecified atom stereocenters. The largest absolute Gasteiger partial charge is 0.496 e. The van der Waals surface area contributed by atoms with E-state index >= 15 is 0 Å². The van der Waals surface area contributed by atoms with Crippen molar-refractivity contribution in [1.82, 2.24) is 5.32 Å². The molecule has 0 aliphatic heterocycles. The van der Waals surface area contributed by atoms with Crippen molar-refractivity contribution >= 4 is 17.6 Å². The molecule has 1 aromatic carbocycles. The van der Waals surface area contributed by atoms with Gasteiger partial charge >= 0.3 is 5.97 Å². The number of unbranched alkanes of at least 4 members (excludes halogenated alkanes) is 1. The van der Waals surface area contributed by atoms with Gasteiger partial charge in [0.1, 0.15) is 11.3 Å². The number of nitrogen functional groups attached to an aromatic ring is 1. The Morgan fingerprint density at radius 1 is 1.38 bits per heavy atom. The highest BCUT2D eigenvalue weighted by Gasteiger charge is 2.21. The highest BCUT2D eigenvalue weighted by Crippen LogP contribution is 2.22. The zero-order valence-electron chi connectivity index (χ0n) is 12.6. The van der Waals surface area contributed by atoms with Crippen LogP contribution in [0.15, 0.2) is 18.2 Å². The molecule has 0 saturated carbocycles. The summed E-state index contributed by atoms with van der Waals surface area (Å²) in [7, 11) is 1.45. The third kappa shape index (κ3) is 4.98. The normalized spacial score (nSPS) is 11.6. The molecule has 6 nitrogen and oxygen atoms in total. The molecule has 0 saturated heterocycles. The predicted octanol–water partition coefficient (Wildman–Crippen LogP) is 1.74. The summed E-state index contributed by atoms with van der Waals surface area (Å²) < 4.78 is 10.2. The van der Waals surface area contributed by atoms with Gasteiger partial charge in [-0.15, -0.1) is 0 Å². The van der Waals surface area contributed by atoms with Gasteiger partial charge in [0.25, 0.3) is 5.91 Å². The Morgan fingerprint density at radius 3 is 2.71 bits per heavy atom. The number of amides is 1. The number of anilines is 1. The molecule has 0 fully saturated rings. The molecule has 1 rings (SSSR count). The third-order valence-electron chi connectivity index (χ3n) is 2.93. The van der Waals surface area contributed by atoms with E-state index in [9.17, 15) is 9.59 Å². The Morgan fingerprint density at radius 2 is 2.10 bits per heavy atom. The van der Waals surface area contributed by atoms with Crippen molar-refractivity contribution in [2.24, 2.45) is 0 Å². The molecule has 21 heavy (non-hydrogen) atoms. The van der Waals surface area contributed by atoms with Crippen LogP contribution in [0.25, 0.3) is 0 Å². The molecule has 0 aliphatic rings. The standard InChI is InChI=1S/C15H22N2O4/c1-4-5-8-17-14(18)10(2)21-15(19)12-9-11(16)6-7-13(12)20-3/h6-7,9-10H,4-5,8,16H2,1-3H3,(H,17,18). The maximum atomic E-state index is 12.1. The first kappa shape index (κ1) is 16.8. The quantitative estimate of drug-likeness (QED) is 0.454. The van der Waals surface area contributed by atoms with E-state index in [0.717, 1.165) is 12.8 Å². The molecule has 1 aromatic rings. The Kier molecular flexibility index (Phi) is 6.52. The Labute approximate surface area is 124 Å². The minimum absolute atomic E-state index is 0.200. The van der Waals surface area contributed by atoms with Crippen LogP contribution in [0.1, 0.15) is 37.0 Å². The summed E-state index contributed by atoms with van der Waals surface area (Å²) in [5, 5.41) is 2.71. The van der Waals surface area contributed by atoms with E-state index in [0.29, 0.717) is 18.0 Å². The monoisotopic (exact) mass is 294 g/mol. The van der Waals surface area contributed by atoms with E-state index in [4.69, 9.17) is 15.2 Å². The number of benzene rings is 1. The number of esters is 1. The molecule has 1 atom stereocenters. The number of nitrogens with two attached hydrogens (primary N) is 1. The van der Waals surface area contributed by atoms with E-state index in [1.54, 1.807) is 12.1 Å². The molecule has 116 valence electrons. The summed E-state index contributed by atoms with van der Waals surface area (Å²) >= 11 is 0. The zero-order valence-corrected chi connectivity index (χ0v) is 12.6. The van der Waals surface area contributed by atoms with E-state index in [2.05, 4.69) is 5.32 Å².